The van der Waals surface area contributed by atoms with E-state index in [-0.39, 0.29) is 6.17 Å². The molecule has 2 aliphatic heterocycles. The molecule has 0 unspecified atom stereocenters. The molecule has 6 nitrogen and oxygen atoms in total. The maximum absolute atomic E-state index is 6.57. The standard InChI is InChI=1S/C33H28N6S/c34-29-27-16-7-8-17-28(27)40-33(29)39-20-26(19-35-21-39)24-14-9-15-25(18-24)32-37-30(22-10-3-1-4-11-22)36-31(38-32)23-12-5-2-6-13-23/h1-18,20,32,35H,19,21,34H2,(H,36,37,38). The Morgan fingerprint density at radius 3 is 2.10 bits per heavy atom. The molecule has 7 rings (SSSR count). The molecule has 4 N–H and O–H groups in total. The van der Waals surface area contributed by atoms with Gasteiger partial charge in [-0.15, -0.1) is 11.3 Å². The van der Waals surface area contributed by atoms with E-state index < -0.39 is 0 Å². The largest absolute Gasteiger partial charge is 0.396 e. The van der Waals surface area contributed by atoms with Gasteiger partial charge < -0.3 is 16.0 Å². The van der Waals surface area contributed by atoms with Crippen molar-refractivity contribution in [2.45, 2.75) is 6.17 Å². The van der Waals surface area contributed by atoms with Gasteiger partial charge in [0, 0.05) is 34.0 Å². The van der Waals surface area contributed by atoms with Crippen molar-refractivity contribution in [3.63, 3.8) is 0 Å². The number of nitrogens with zero attached hydrogens (tertiary/aromatic N) is 3. The Labute approximate surface area is 237 Å². The fraction of sp³-hybridized carbons (Fsp3) is 0.0909. The van der Waals surface area contributed by atoms with Gasteiger partial charge in [-0.1, -0.05) is 97.1 Å². The quantitative estimate of drug-likeness (QED) is 0.242. The Hall–Kier alpha value is -4.72. The first kappa shape index (κ1) is 24.3. The highest BCUT2D eigenvalue weighted by Gasteiger charge is 2.22. The molecular formula is C33H28N6S. The summed E-state index contributed by atoms with van der Waals surface area (Å²) >= 11 is 1.72. The molecule has 4 aromatic carbocycles. The van der Waals surface area contributed by atoms with Crippen LogP contribution < -0.4 is 21.3 Å². The zero-order chi connectivity index (χ0) is 26.9. The van der Waals surface area contributed by atoms with Crippen molar-refractivity contribution in [3.05, 3.63) is 138 Å². The molecule has 1 aromatic heterocycles. The van der Waals surface area contributed by atoms with Gasteiger partial charge >= 0.3 is 0 Å². The van der Waals surface area contributed by atoms with Crippen molar-refractivity contribution in [2.75, 3.05) is 23.8 Å². The summed E-state index contributed by atoms with van der Waals surface area (Å²) in [6, 6.07) is 37.3. The predicted octanol–water partition coefficient (Wildman–Crippen LogP) is 6.39. The molecule has 40 heavy (non-hydrogen) atoms. The lowest BCUT2D eigenvalue weighted by Gasteiger charge is -2.27. The smallest absolute Gasteiger partial charge is 0.169 e. The molecule has 0 radical (unpaired) electrons. The maximum atomic E-state index is 6.57. The molecule has 0 amide bonds. The average Bonchev–Trinajstić information content (AvgIpc) is 3.38. The summed E-state index contributed by atoms with van der Waals surface area (Å²) in [5, 5.41) is 9.19. The number of fused-ring (bicyclic) bond motifs is 1. The fourth-order valence-corrected chi connectivity index (χ4v) is 6.24. The second-order valence-electron chi connectivity index (χ2n) is 9.84. The van der Waals surface area contributed by atoms with Crippen LogP contribution in [0.15, 0.2) is 125 Å². The number of hydrogen-bond donors (Lipinski definition) is 3. The van der Waals surface area contributed by atoms with Gasteiger partial charge in [0.1, 0.15) is 16.7 Å². The van der Waals surface area contributed by atoms with Crippen LogP contribution in [-0.2, 0) is 0 Å². The van der Waals surface area contributed by atoms with Gasteiger partial charge in [0.15, 0.2) is 6.17 Å². The van der Waals surface area contributed by atoms with E-state index in [0.717, 1.165) is 56.5 Å². The van der Waals surface area contributed by atoms with Gasteiger partial charge in [-0.2, -0.15) is 0 Å². The number of aliphatic imine (C=N–C) groups is 2. The third-order valence-corrected chi connectivity index (χ3v) is 8.40. The van der Waals surface area contributed by atoms with Crippen molar-refractivity contribution in [3.8, 4) is 0 Å². The Morgan fingerprint density at radius 1 is 0.750 bits per heavy atom. The van der Waals surface area contributed by atoms with E-state index in [2.05, 4.69) is 88.5 Å². The second-order valence-corrected chi connectivity index (χ2v) is 10.9. The minimum Gasteiger partial charge on any atom is -0.396 e. The molecule has 0 aliphatic carbocycles. The topological polar surface area (TPSA) is 78.0 Å². The lowest BCUT2D eigenvalue weighted by atomic mass is 10.0. The van der Waals surface area contributed by atoms with Crippen LogP contribution in [0.2, 0.25) is 0 Å². The summed E-state index contributed by atoms with van der Waals surface area (Å²) in [7, 11) is 0. The van der Waals surface area contributed by atoms with E-state index in [9.17, 15) is 0 Å². The second kappa shape index (κ2) is 10.4. The highest BCUT2D eigenvalue weighted by molar-refractivity contribution is 7.23. The van der Waals surface area contributed by atoms with Crippen LogP contribution in [0.25, 0.3) is 15.7 Å². The molecule has 196 valence electrons. The molecule has 0 saturated heterocycles. The molecule has 2 aliphatic rings. The van der Waals surface area contributed by atoms with Crippen molar-refractivity contribution < 1.29 is 0 Å². The van der Waals surface area contributed by atoms with E-state index in [1.54, 1.807) is 11.3 Å². The molecular weight excluding hydrogens is 512 g/mol. The first-order valence-electron chi connectivity index (χ1n) is 13.3. The van der Waals surface area contributed by atoms with E-state index in [1.807, 2.05) is 42.5 Å². The molecule has 0 atom stereocenters. The first-order chi connectivity index (χ1) is 19.7. The normalized spacial score (nSPS) is 15.8. The molecule has 7 heteroatoms. The van der Waals surface area contributed by atoms with Gasteiger partial charge in [-0.05, 0) is 28.8 Å². The SMILES string of the molecule is Nc1c(N2C=C(c3cccc(C4N=C(c5ccccc5)NC(c5ccccc5)=N4)c3)CNC2)sc2ccccc12. The van der Waals surface area contributed by atoms with Gasteiger partial charge in [0.2, 0.25) is 0 Å². The minimum atomic E-state index is -0.363. The van der Waals surface area contributed by atoms with Crippen molar-refractivity contribution in [1.29, 1.82) is 0 Å². The molecule has 3 heterocycles. The Morgan fingerprint density at radius 2 is 1.40 bits per heavy atom. The Bertz CT molecular complexity index is 1720. The van der Waals surface area contributed by atoms with Crippen LogP contribution >= 0.6 is 11.3 Å². The molecule has 5 aromatic rings. The summed E-state index contributed by atoms with van der Waals surface area (Å²) in [5.74, 6) is 1.63. The molecule has 0 spiro atoms. The van der Waals surface area contributed by atoms with Crippen LogP contribution in [0.3, 0.4) is 0 Å². The van der Waals surface area contributed by atoms with Gasteiger partial charge in [0.25, 0.3) is 0 Å². The predicted molar refractivity (Wildman–Crippen MR) is 168 cm³/mol. The summed E-state index contributed by atoms with van der Waals surface area (Å²) in [6.07, 6.45) is 1.86. The number of rotatable bonds is 5. The van der Waals surface area contributed by atoms with Gasteiger partial charge in [0.05, 0.1) is 12.4 Å². The van der Waals surface area contributed by atoms with Crippen LogP contribution in [0.4, 0.5) is 10.7 Å². The summed E-state index contributed by atoms with van der Waals surface area (Å²) in [4.78, 5) is 12.3. The number of hydrogen-bond acceptors (Lipinski definition) is 7. The Kier molecular flexibility index (Phi) is 6.36. The van der Waals surface area contributed by atoms with E-state index in [1.165, 1.54) is 10.3 Å². The molecule has 0 fully saturated rings. The zero-order valence-electron chi connectivity index (χ0n) is 21.8. The third kappa shape index (κ3) is 4.66. The lowest BCUT2D eigenvalue weighted by molar-refractivity contribution is 0.734. The summed E-state index contributed by atoms with van der Waals surface area (Å²) in [5.41, 5.74) is 12.8. The summed E-state index contributed by atoms with van der Waals surface area (Å²) < 4.78 is 1.20. The number of anilines is 2. The fourth-order valence-electron chi connectivity index (χ4n) is 5.15. The number of benzene rings is 4. The van der Waals surface area contributed by atoms with E-state index in [0.29, 0.717) is 6.67 Å². The van der Waals surface area contributed by atoms with Crippen LogP contribution in [0, 0.1) is 0 Å². The average molecular weight is 541 g/mol. The van der Waals surface area contributed by atoms with Crippen LogP contribution in [-0.4, -0.2) is 24.9 Å². The van der Waals surface area contributed by atoms with Crippen molar-refractivity contribution in [1.82, 2.24) is 10.6 Å². The number of thiophene rings is 1. The van der Waals surface area contributed by atoms with Crippen LogP contribution in [0.5, 0.6) is 0 Å². The highest BCUT2D eigenvalue weighted by atomic mass is 32.1. The lowest BCUT2D eigenvalue weighted by Crippen LogP contribution is -2.36. The van der Waals surface area contributed by atoms with E-state index in [4.69, 9.17) is 15.7 Å². The monoisotopic (exact) mass is 540 g/mol. The maximum Gasteiger partial charge on any atom is 0.169 e. The number of nitrogens with one attached hydrogen (secondary N) is 2. The van der Waals surface area contributed by atoms with Crippen LogP contribution in [0.1, 0.15) is 28.4 Å². The van der Waals surface area contributed by atoms with Gasteiger partial charge in [-0.3, -0.25) is 5.32 Å². The number of nitrogen functional groups attached to an aromatic ring is 1. The number of amidine groups is 2. The summed E-state index contributed by atoms with van der Waals surface area (Å²) in [6.45, 7) is 1.48. The third-order valence-electron chi connectivity index (χ3n) is 7.17. The van der Waals surface area contributed by atoms with Crippen molar-refractivity contribution in [2.24, 2.45) is 9.98 Å². The highest BCUT2D eigenvalue weighted by Crippen LogP contribution is 2.41. The molecule has 0 bridgehead atoms. The minimum absolute atomic E-state index is 0.363. The van der Waals surface area contributed by atoms with Gasteiger partial charge in [-0.25, -0.2) is 9.98 Å². The van der Waals surface area contributed by atoms with Crippen molar-refractivity contribution >= 4 is 49.4 Å². The van der Waals surface area contributed by atoms with E-state index >= 15 is 0 Å². The Balaban J connectivity index is 1.25. The zero-order valence-corrected chi connectivity index (χ0v) is 22.6. The number of nitrogens with two attached hydrogens (primary N) is 1. The molecule has 0 saturated carbocycles. The first-order valence-corrected chi connectivity index (χ1v) is 14.1.